The Morgan fingerprint density at radius 3 is 1.84 bits per heavy atom. The van der Waals surface area contributed by atoms with E-state index in [-0.39, 0.29) is 35.9 Å². The molecule has 0 bridgehead atoms. The van der Waals surface area contributed by atoms with E-state index in [1.54, 1.807) is 11.1 Å². The van der Waals surface area contributed by atoms with Gasteiger partial charge in [-0.05, 0) is 76.8 Å². The number of nitrogens with zero attached hydrogens (tertiary/aromatic N) is 5. The summed E-state index contributed by atoms with van der Waals surface area (Å²) in [5, 5.41) is 14.0. The van der Waals surface area contributed by atoms with Gasteiger partial charge in [-0.15, -0.1) is 0 Å². The van der Waals surface area contributed by atoms with Crippen molar-refractivity contribution < 1.29 is 24.2 Å². The fraction of sp³-hybridized carbons (Fsp3) is 0.354. The summed E-state index contributed by atoms with van der Waals surface area (Å²) in [6, 6.07) is 29.9. The Labute approximate surface area is 355 Å². The summed E-state index contributed by atoms with van der Waals surface area (Å²) in [5.41, 5.74) is 7.00. The number of carboxylic acid groups (broad SMARTS) is 1. The molecular formula is C48H52N8O5. The van der Waals surface area contributed by atoms with Crippen LogP contribution >= 0.6 is 0 Å². The van der Waals surface area contributed by atoms with Crippen LogP contribution in [0.5, 0.6) is 0 Å². The molecule has 0 radical (unpaired) electrons. The van der Waals surface area contributed by atoms with Gasteiger partial charge < -0.3 is 34.9 Å². The first-order valence-corrected chi connectivity index (χ1v) is 21.4. The van der Waals surface area contributed by atoms with Crippen molar-refractivity contribution >= 4 is 28.7 Å². The zero-order valence-electron chi connectivity index (χ0n) is 34.6. The number of benzene rings is 4. The standard InChI is InChI=1S/C48H52N8O5/c1-30(2)42(53-48(59)60)46(57)55-20-6-10-40(55)44-49-28-38(51-44)32-14-12-31(13-15-32)34-16-17-36-27-37(19-18-35(36)26-34)39-29-50-45(52-39)41-11-7-21-56(41)47(58)43(33-8-4-3-5-9-33)54-22-24-61-25-23-54/h3-5,8-9,12-19,26-30,40-43,53H,6-7,10-11,20-25H2,1-2H3,(H,49,51)(H,50,52)(H,59,60)/t40-,41-,42-,43?/m0/s1. The lowest BCUT2D eigenvalue weighted by molar-refractivity contribution is -0.140. The first-order chi connectivity index (χ1) is 29.7. The molecule has 4 atom stereocenters. The van der Waals surface area contributed by atoms with E-state index < -0.39 is 12.1 Å². The Kier molecular flexibility index (Phi) is 11.4. The van der Waals surface area contributed by atoms with Crippen molar-refractivity contribution in [1.82, 2.24) is 40.0 Å². The second-order valence-electron chi connectivity index (χ2n) is 16.7. The lowest BCUT2D eigenvalue weighted by atomic mass is 9.98. The van der Waals surface area contributed by atoms with Gasteiger partial charge in [0.25, 0.3) is 0 Å². The Balaban J connectivity index is 0.878. The number of likely N-dealkylation sites (tertiary alicyclic amines) is 2. The summed E-state index contributed by atoms with van der Waals surface area (Å²) < 4.78 is 5.63. The third-order valence-corrected chi connectivity index (χ3v) is 12.5. The normalized spacial score (nSPS) is 19.4. The first kappa shape index (κ1) is 40.1. The minimum Gasteiger partial charge on any atom is -0.465 e. The molecule has 3 aliphatic heterocycles. The summed E-state index contributed by atoms with van der Waals surface area (Å²) in [7, 11) is 0. The number of rotatable bonds is 11. The molecule has 3 amide bonds. The van der Waals surface area contributed by atoms with Gasteiger partial charge in [-0.25, -0.2) is 14.8 Å². The van der Waals surface area contributed by atoms with Gasteiger partial charge in [0.15, 0.2) is 0 Å². The highest BCUT2D eigenvalue weighted by atomic mass is 16.5. The third kappa shape index (κ3) is 8.27. The molecule has 3 saturated heterocycles. The zero-order chi connectivity index (χ0) is 42.0. The molecule has 61 heavy (non-hydrogen) atoms. The highest BCUT2D eigenvalue weighted by Crippen LogP contribution is 2.37. The molecule has 0 saturated carbocycles. The van der Waals surface area contributed by atoms with Gasteiger partial charge in [0, 0.05) is 31.7 Å². The minimum atomic E-state index is -1.20. The number of morpholine rings is 1. The van der Waals surface area contributed by atoms with Crippen molar-refractivity contribution in [2.75, 3.05) is 39.4 Å². The van der Waals surface area contributed by atoms with Crippen LogP contribution in [0.2, 0.25) is 0 Å². The average molecular weight is 821 g/mol. The number of carbonyl (C=O) groups is 3. The van der Waals surface area contributed by atoms with Crippen LogP contribution in [0, 0.1) is 5.92 Å². The van der Waals surface area contributed by atoms with Crippen LogP contribution in [0.1, 0.15) is 74.9 Å². The number of ether oxygens (including phenoxy) is 1. The van der Waals surface area contributed by atoms with Crippen LogP contribution in [0.15, 0.2) is 103 Å². The fourth-order valence-electron chi connectivity index (χ4n) is 9.33. The van der Waals surface area contributed by atoms with E-state index in [9.17, 15) is 19.5 Å². The molecule has 0 aliphatic carbocycles. The molecule has 4 aromatic carbocycles. The summed E-state index contributed by atoms with van der Waals surface area (Å²) in [6.07, 6.45) is 5.86. The predicted octanol–water partition coefficient (Wildman–Crippen LogP) is 7.98. The monoisotopic (exact) mass is 820 g/mol. The molecule has 2 aromatic heterocycles. The highest BCUT2D eigenvalue weighted by molar-refractivity contribution is 5.91. The Hall–Kier alpha value is -6.31. The molecule has 13 heteroatoms. The van der Waals surface area contributed by atoms with Crippen LogP contribution in [0.4, 0.5) is 4.79 Å². The molecule has 13 nitrogen and oxygen atoms in total. The number of aromatic nitrogens is 4. The molecule has 9 rings (SSSR count). The van der Waals surface area contributed by atoms with Gasteiger partial charge in [-0.3, -0.25) is 14.5 Å². The molecule has 1 unspecified atom stereocenters. The van der Waals surface area contributed by atoms with Crippen LogP contribution < -0.4 is 5.32 Å². The molecule has 314 valence electrons. The van der Waals surface area contributed by atoms with Crippen LogP contribution in [0.25, 0.3) is 44.4 Å². The van der Waals surface area contributed by atoms with E-state index in [0.717, 1.165) is 94.6 Å². The molecule has 5 heterocycles. The Bertz CT molecular complexity index is 2510. The number of imidazole rings is 2. The summed E-state index contributed by atoms with van der Waals surface area (Å²) in [4.78, 5) is 61.8. The van der Waals surface area contributed by atoms with Crippen molar-refractivity contribution in [3.63, 3.8) is 0 Å². The zero-order valence-corrected chi connectivity index (χ0v) is 34.6. The molecule has 4 N–H and O–H groups in total. The number of hydrogen-bond donors (Lipinski definition) is 4. The minimum absolute atomic E-state index is 0.112. The quantitative estimate of drug-likeness (QED) is 0.102. The largest absolute Gasteiger partial charge is 0.465 e. The number of carbonyl (C=O) groups excluding carboxylic acids is 2. The van der Waals surface area contributed by atoms with Crippen LogP contribution in [0.3, 0.4) is 0 Å². The van der Waals surface area contributed by atoms with Crippen molar-refractivity contribution in [3.8, 4) is 33.6 Å². The number of aromatic amines is 2. The second kappa shape index (κ2) is 17.3. The van der Waals surface area contributed by atoms with Gasteiger partial charge in [-0.2, -0.15) is 0 Å². The Morgan fingerprint density at radius 2 is 1.23 bits per heavy atom. The average Bonchev–Trinajstić information content (AvgIpc) is 4.13. The maximum Gasteiger partial charge on any atom is 0.405 e. The Morgan fingerprint density at radius 1 is 0.689 bits per heavy atom. The fourth-order valence-corrected chi connectivity index (χ4v) is 9.33. The molecule has 6 aromatic rings. The number of H-pyrrole nitrogens is 2. The van der Waals surface area contributed by atoms with Gasteiger partial charge in [0.2, 0.25) is 11.8 Å². The molecule has 0 spiro atoms. The van der Waals surface area contributed by atoms with Crippen molar-refractivity contribution in [3.05, 3.63) is 121 Å². The van der Waals surface area contributed by atoms with Gasteiger partial charge in [0.05, 0.1) is 49.1 Å². The topological polar surface area (TPSA) is 160 Å². The highest BCUT2D eigenvalue weighted by Gasteiger charge is 2.40. The van der Waals surface area contributed by atoms with Crippen molar-refractivity contribution in [2.24, 2.45) is 5.92 Å². The molecule has 3 fully saturated rings. The van der Waals surface area contributed by atoms with Gasteiger partial charge in [0.1, 0.15) is 23.7 Å². The number of hydrogen-bond acceptors (Lipinski definition) is 7. The first-order valence-electron chi connectivity index (χ1n) is 21.4. The number of amides is 3. The van der Waals surface area contributed by atoms with E-state index in [4.69, 9.17) is 9.72 Å². The number of nitrogens with one attached hydrogen (secondary N) is 3. The maximum absolute atomic E-state index is 14.4. The molecular weight excluding hydrogens is 769 g/mol. The van der Waals surface area contributed by atoms with Crippen molar-refractivity contribution in [1.29, 1.82) is 0 Å². The molecule has 3 aliphatic rings. The van der Waals surface area contributed by atoms with Gasteiger partial charge in [-0.1, -0.05) is 92.7 Å². The summed E-state index contributed by atoms with van der Waals surface area (Å²) in [6.45, 7) is 7.65. The maximum atomic E-state index is 14.4. The van der Waals surface area contributed by atoms with Crippen LogP contribution in [-0.2, 0) is 14.3 Å². The van der Waals surface area contributed by atoms with E-state index in [1.807, 2.05) is 43.1 Å². The second-order valence-corrected chi connectivity index (χ2v) is 16.7. The van der Waals surface area contributed by atoms with Gasteiger partial charge >= 0.3 is 6.09 Å². The van der Waals surface area contributed by atoms with E-state index in [0.29, 0.717) is 32.1 Å². The number of fused-ring (bicyclic) bond motifs is 1. The van der Waals surface area contributed by atoms with E-state index >= 15 is 0 Å². The summed E-state index contributed by atoms with van der Waals surface area (Å²) >= 11 is 0. The van der Waals surface area contributed by atoms with Crippen LogP contribution in [-0.4, -0.2) is 103 Å². The SMILES string of the molecule is CC(C)[C@H](NC(=O)O)C(=O)N1CCC[C@H]1c1ncc(-c2ccc(-c3ccc4cc(-c5cnc([C@@H]6CCCN6C(=O)C(c6ccccc6)N6CCOCC6)[nH]5)ccc4c3)cc2)[nH]1. The van der Waals surface area contributed by atoms with E-state index in [1.165, 1.54) is 0 Å². The third-order valence-electron chi connectivity index (χ3n) is 12.5. The summed E-state index contributed by atoms with van der Waals surface area (Å²) in [5.74, 6) is 1.24. The van der Waals surface area contributed by atoms with Crippen molar-refractivity contribution in [2.45, 2.75) is 63.7 Å². The van der Waals surface area contributed by atoms with E-state index in [2.05, 4.69) is 98.0 Å². The predicted molar refractivity (Wildman–Crippen MR) is 233 cm³/mol. The lowest BCUT2D eigenvalue weighted by Gasteiger charge is -2.37. The smallest absolute Gasteiger partial charge is 0.405 e. The lowest BCUT2D eigenvalue weighted by Crippen LogP contribution is -2.50.